The van der Waals surface area contributed by atoms with Crippen molar-refractivity contribution >= 4 is 29.2 Å². The maximum Gasteiger partial charge on any atom is 0.321 e. The van der Waals surface area contributed by atoms with Crippen LogP contribution in [-0.2, 0) is 17.8 Å². The number of nitrogens with zero attached hydrogens (tertiary/aromatic N) is 1. The molecule has 0 radical (unpaired) electrons. The molecule has 2 aromatic carbocycles. The van der Waals surface area contributed by atoms with E-state index in [9.17, 15) is 9.59 Å². The first-order chi connectivity index (χ1) is 11.4. The van der Waals surface area contributed by atoms with Gasteiger partial charge in [-0.1, -0.05) is 35.9 Å². The molecule has 2 N–H and O–H groups in total. The first kappa shape index (κ1) is 17.8. The lowest BCUT2D eigenvalue weighted by Gasteiger charge is -2.12. The van der Waals surface area contributed by atoms with Crippen LogP contribution >= 0.6 is 11.6 Å². The number of carbonyl (C=O) groups excluding carboxylic acids is 2. The van der Waals surface area contributed by atoms with Gasteiger partial charge < -0.3 is 15.5 Å². The van der Waals surface area contributed by atoms with Gasteiger partial charge in [0.25, 0.3) is 0 Å². The minimum atomic E-state index is -0.209. The number of anilines is 1. The monoisotopic (exact) mass is 345 g/mol. The minimum absolute atomic E-state index is 0.0824. The van der Waals surface area contributed by atoms with Crippen LogP contribution in [0.15, 0.2) is 48.5 Å². The fourth-order valence-corrected chi connectivity index (χ4v) is 2.17. The fourth-order valence-electron chi connectivity index (χ4n) is 2.05. The third-order valence-corrected chi connectivity index (χ3v) is 3.60. The van der Waals surface area contributed by atoms with Gasteiger partial charge >= 0.3 is 6.03 Å². The fraction of sp³-hybridized carbons (Fsp3) is 0.222. The summed E-state index contributed by atoms with van der Waals surface area (Å²) in [5, 5.41) is 6.30. The third kappa shape index (κ3) is 5.59. The summed E-state index contributed by atoms with van der Waals surface area (Å²) >= 11 is 5.83. The number of nitrogens with one attached hydrogen (secondary N) is 2. The molecule has 0 aliphatic carbocycles. The number of halogens is 1. The van der Waals surface area contributed by atoms with Crippen LogP contribution in [0.3, 0.4) is 0 Å². The van der Waals surface area contributed by atoms with Crippen LogP contribution in [0.2, 0.25) is 5.02 Å². The molecule has 0 atom stereocenters. The molecule has 126 valence electrons. The van der Waals surface area contributed by atoms with Crippen LogP contribution in [0.25, 0.3) is 0 Å². The second-order valence-electron chi connectivity index (χ2n) is 5.60. The van der Waals surface area contributed by atoms with Crippen molar-refractivity contribution < 1.29 is 9.59 Å². The predicted molar refractivity (Wildman–Crippen MR) is 96.2 cm³/mol. The quantitative estimate of drug-likeness (QED) is 0.873. The van der Waals surface area contributed by atoms with Gasteiger partial charge in [0.15, 0.2) is 0 Å². The Morgan fingerprint density at radius 3 is 2.42 bits per heavy atom. The van der Waals surface area contributed by atoms with Gasteiger partial charge in [-0.15, -0.1) is 0 Å². The van der Waals surface area contributed by atoms with E-state index >= 15 is 0 Å². The van der Waals surface area contributed by atoms with Gasteiger partial charge in [0.05, 0.1) is 6.42 Å². The lowest BCUT2D eigenvalue weighted by Crippen LogP contribution is -2.27. The van der Waals surface area contributed by atoms with Crippen molar-refractivity contribution in [2.45, 2.75) is 13.0 Å². The molecule has 0 aliphatic rings. The maximum atomic E-state index is 12.1. The second-order valence-corrected chi connectivity index (χ2v) is 6.04. The summed E-state index contributed by atoms with van der Waals surface area (Å²) in [6, 6.07) is 14.4. The van der Waals surface area contributed by atoms with Crippen LogP contribution in [0.5, 0.6) is 0 Å². The molecule has 0 spiro atoms. The van der Waals surface area contributed by atoms with E-state index < -0.39 is 0 Å². The number of carbonyl (C=O) groups is 2. The molecule has 6 heteroatoms. The Morgan fingerprint density at radius 1 is 1.04 bits per heavy atom. The molecule has 0 saturated heterocycles. The molecule has 2 aromatic rings. The van der Waals surface area contributed by atoms with Crippen molar-refractivity contribution in [2.75, 3.05) is 19.4 Å². The Bertz CT molecular complexity index is 714. The zero-order chi connectivity index (χ0) is 17.5. The first-order valence-corrected chi connectivity index (χ1v) is 7.90. The average molecular weight is 346 g/mol. The van der Waals surface area contributed by atoms with Crippen molar-refractivity contribution in [2.24, 2.45) is 0 Å². The predicted octanol–water partition coefficient (Wildman–Crippen LogP) is 3.29. The number of amides is 3. The standard InChI is InChI=1S/C18H20ClN3O2/c1-22(2)18(24)21-16-5-3-4-14(10-16)11-17(23)20-12-13-6-8-15(19)9-7-13/h3-10H,11-12H2,1-2H3,(H,20,23)(H,21,24). The molecule has 0 bridgehead atoms. The van der Waals surface area contributed by atoms with E-state index in [2.05, 4.69) is 10.6 Å². The second kappa shape index (κ2) is 8.36. The number of hydrogen-bond acceptors (Lipinski definition) is 2. The molecule has 0 unspecified atom stereocenters. The van der Waals surface area contributed by atoms with Gasteiger partial charge in [0.2, 0.25) is 5.91 Å². The molecule has 2 rings (SSSR count). The normalized spacial score (nSPS) is 10.1. The van der Waals surface area contributed by atoms with Crippen LogP contribution in [0, 0.1) is 0 Å². The molecular weight excluding hydrogens is 326 g/mol. The van der Waals surface area contributed by atoms with E-state index in [4.69, 9.17) is 11.6 Å². The Morgan fingerprint density at radius 2 is 1.75 bits per heavy atom. The van der Waals surface area contributed by atoms with Crippen LogP contribution < -0.4 is 10.6 Å². The van der Waals surface area contributed by atoms with Crippen LogP contribution in [0.4, 0.5) is 10.5 Å². The summed E-state index contributed by atoms with van der Waals surface area (Å²) in [7, 11) is 3.34. The highest BCUT2D eigenvalue weighted by Crippen LogP contribution is 2.12. The Kier molecular flexibility index (Phi) is 6.21. The van der Waals surface area contributed by atoms with Crippen LogP contribution in [0.1, 0.15) is 11.1 Å². The van der Waals surface area contributed by atoms with Crippen molar-refractivity contribution in [1.29, 1.82) is 0 Å². The van der Waals surface area contributed by atoms with Gasteiger partial charge in [-0.3, -0.25) is 4.79 Å². The Labute approximate surface area is 146 Å². The highest BCUT2D eigenvalue weighted by Gasteiger charge is 2.07. The molecule has 3 amide bonds. The lowest BCUT2D eigenvalue weighted by atomic mass is 10.1. The highest BCUT2D eigenvalue weighted by atomic mass is 35.5. The number of benzene rings is 2. The van der Waals surface area contributed by atoms with Gasteiger partial charge in [0, 0.05) is 31.4 Å². The van der Waals surface area contributed by atoms with Crippen molar-refractivity contribution in [3.63, 3.8) is 0 Å². The molecule has 0 heterocycles. The molecule has 24 heavy (non-hydrogen) atoms. The maximum absolute atomic E-state index is 12.1. The molecular formula is C18H20ClN3O2. The smallest absolute Gasteiger partial charge is 0.321 e. The SMILES string of the molecule is CN(C)C(=O)Nc1cccc(CC(=O)NCc2ccc(Cl)cc2)c1. The van der Waals surface area contributed by atoms with E-state index in [-0.39, 0.29) is 18.4 Å². The van der Waals surface area contributed by atoms with E-state index in [1.807, 2.05) is 24.3 Å². The average Bonchev–Trinajstić information content (AvgIpc) is 2.54. The van der Waals surface area contributed by atoms with Crippen LogP contribution in [-0.4, -0.2) is 30.9 Å². The topological polar surface area (TPSA) is 61.4 Å². The largest absolute Gasteiger partial charge is 0.352 e. The highest BCUT2D eigenvalue weighted by molar-refractivity contribution is 6.30. The Balaban J connectivity index is 1.89. The molecule has 5 nitrogen and oxygen atoms in total. The molecule has 0 fully saturated rings. The van der Waals surface area contributed by atoms with E-state index in [0.717, 1.165) is 11.1 Å². The summed E-state index contributed by atoms with van der Waals surface area (Å²) in [5.41, 5.74) is 2.48. The molecule has 0 saturated carbocycles. The van der Waals surface area contributed by atoms with Crippen molar-refractivity contribution in [3.8, 4) is 0 Å². The summed E-state index contributed by atoms with van der Waals surface area (Å²) in [6.45, 7) is 0.451. The Hall–Kier alpha value is -2.53. The van der Waals surface area contributed by atoms with Gasteiger partial charge in [0.1, 0.15) is 0 Å². The molecule has 0 aromatic heterocycles. The lowest BCUT2D eigenvalue weighted by molar-refractivity contribution is -0.120. The number of rotatable bonds is 5. The third-order valence-electron chi connectivity index (χ3n) is 3.35. The van der Waals surface area contributed by atoms with E-state index in [1.54, 1.807) is 38.4 Å². The molecule has 0 aliphatic heterocycles. The van der Waals surface area contributed by atoms with Crippen molar-refractivity contribution in [3.05, 3.63) is 64.7 Å². The van der Waals surface area contributed by atoms with E-state index in [1.165, 1.54) is 4.90 Å². The van der Waals surface area contributed by atoms with Gasteiger partial charge in [-0.05, 0) is 35.4 Å². The number of urea groups is 1. The minimum Gasteiger partial charge on any atom is -0.352 e. The summed E-state index contributed by atoms with van der Waals surface area (Å²) in [4.78, 5) is 25.2. The number of hydrogen-bond donors (Lipinski definition) is 2. The summed E-state index contributed by atoms with van der Waals surface area (Å²) in [5.74, 6) is -0.0824. The summed E-state index contributed by atoms with van der Waals surface area (Å²) in [6.07, 6.45) is 0.249. The zero-order valence-electron chi connectivity index (χ0n) is 13.7. The zero-order valence-corrected chi connectivity index (χ0v) is 14.4. The first-order valence-electron chi connectivity index (χ1n) is 7.52. The summed E-state index contributed by atoms with van der Waals surface area (Å²) < 4.78 is 0. The van der Waals surface area contributed by atoms with Crippen molar-refractivity contribution in [1.82, 2.24) is 10.2 Å². The van der Waals surface area contributed by atoms with Gasteiger partial charge in [-0.25, -0.2) is 4.79 Å². The van der Waals surface area contributed by atoms with E-state index in [0.29, 0.717) is 17.3 Å². The van der Waals surface area contributed by atoms with Gasteiger partial charge in [-0.2, -0.15) is 0 Å².